The maximum Gasteiger partial charge on any atom is 0.335 e. The van der Waals surface area contributed by atoms with Crippen LogP contribution in [0.15, 0.2) is 12.1 Å². The summed E-state index contributed by atoms with van der Waals surface area (Å²) in [5.74, 6) is -0.179. The van der Waals surface area contributed by atoms with Crippen molar-refractivity contribution in [2.75, 3.05) is 31.1 Å². The van der Waals surface area contributed by atoms with E-state index in [2.05, 4.69) is 4.98 Å². The summed E-state index contributed by atoms with van der Waals surface area (Å²) in [6, 6.07) is 3.21. The Hall–Kier alpha value is -2.11. The van der Waals surface area contributed by atoms with Crippen LogP contribution in [0, 0.1) is 0 Å². The summed E-state index contributed by atoms with van der Waals surface area (Å²) in [7, 11) is 0. The van der Waals surface area contributed by atoms with Gasteiger partial charge in [0.2, 0.25) is 5.91 Å². The second-order valence-corrected chi connectivity index (χ2v) is 4.86. The largest absolute Gasteiger partial charge is 0.478 e. The van der Waals surface area contributed by atoms with Gasteiger partial charge in [0.05, 0.1) is 5.56 Å². The SMILES string of the molecule is CCc1cc(C(=O)O)cc(N2CCN(C(C)=O)CC2)n1. The highest BCUT2D eigenvalue weighted by molar-refractivity contribution is 5.88. The molecule has 0 spiro atoms. The molecule has 2 rings (SSSR count). The van der Waals surface area contributed by atoms with Crippen LogP contribution in [-0.2, 0) is 11.2 Å². The van der Waals surface area contributed by atoms with Crippen molar-refractivity contribution >= 4 is 17.7 Å². The Morgan fingerprint density at radius 3 is 2.40 bits per heavy atom. The van der Waals surface area contributed by atoms with Crippen molar-refractivity contribution in [1.29, 1.82) is 0 Å². The van der Waals surface area contributed by atoms with Crippen molar-refractivity contribution in [1.82, 2.24) is 9.88 Å². The summed E-state index contributed by atoms with van der Waals surface area (Å²) in [6.45, 7) is 6.17. The van der Waals surface area contributed by atoms with Gasteiger partial charge < -0.3 is 14.9 Å². The maximum absolute atomic E-state index is 11.3. The molecule has 0 atom stereocenters. The molecule has 20 heavy (non-hydrogen) atoms. The number of rotatable bonds is 3. The van der Waals surface area contributed by atoms with Crippen LogP contribution in [0.1, 0.15) is 29.9 Å². The monoisotopic (exact) mass is 277 g/mol. The number of aromatic carboxylic acids is 1. The van der Waals surface area contributed by atoms with E-state index in [0.717, 1.165) is 5.69 Å². The van der Waals surface area contributed by atoms with E-state index in [1.807, 2.05) is 11.8 Å². The molecule has 6 heteroatoms. The predicted molar refractivity (Wildman–Crippen MR) is 75.0 cm³/mol. The van der Waals surface area contributed by atoms with Gasteiger partial charge in [-0.3, -0.25) is 4.79 Å². The number of hydrogen-bond donors (Lipinski definition) is 1. The molecule has 1 aliphatic heterocycles. The number of carbonyl (C=O) groups is 2. The van der Waals surface area contributed by atoms with Gasteiger partial charge in [0.1, 0.15) is 5.82 Å². The summed E-state index contributed by atoms with van der Waals surface area (Å²) in [6.07, 6.45) is 0.696. The van der Waals surface area contributed by atoms with Crippen molar-refractivity contribution in [3.05, 3.63) is 23.4 Å². The molecule has 1 aromatic rings. The molecule has 0 radical (unpaired) electrons. The molecule has 0 aromatic carbocycles. The number of nitrogens with zero attached hydrogens (tertiary/aromatic N) is 3. The number of aromatic nitrogens is 1. The lowest BCUT2D eigenvalue weighted by atomic mass is 10.2. The Balaban J connectivity index is 2.19. The third kappa shape index (κ3) is 3.07. The van der Waals surface area contributed by atoms with Crippen molar-refractivity contribution in [3.63, 3.8) is 0 Å². The van der Waals surface area contributed by atoms with Crippen LogP contribution >= 0.6 is 0 Å². The molecule has 1 N–H and O–H groups in total. The van der Waals surface area contributed by atoms with E-state index in [1.165, 1.54) is 0 Å². The van der Waals surface area contributed by atoms with E-state index in [1.54, 1.807) is 24.0 Å². The molecular weight excluding hydrogens is 258 g/mol. The zero-order chi connectivity index (χ0) is 14.7. The van der Waals surface area contributed by atoms with Gasteiger partial charge in [-0.05, 0) is 18.6 Å². The summed E-state index contributed by atoms with van der Waals surface area (Å²) < 4.78 is 0. The summed E-state index contributed by atoms with van der Waals surface area (Å²) in [4.78, 5) is 30.8. The number of carboxylic acids is 1. The summed E-state index contributed by atoms with van der Waals surface area (Å²) >= 11 is 0. The minimum Gasteiger partial charge on any atom is -0.478 e. The Kier molecular flexibility index (Phi) is 4.22. The van der Waals surface area contributed by atoms with Crippen molar-refractivity contribution in [2.24, 2.45) is 0 Å². The van der Waals surface area contributed by atoms with Gasteiger partial charge in [-0.15, -0.1) is 0 Å². The molecular formula is C14H19N3O3. The lowest BCUT2D eigenvalue weighted by Gasteiger charge is -2.35. The van der Waals surface area contributed by atoms with Crippen LogP contribution in [0.2, 0.25) is 0 Å². The molecule has 1 amide bonds. The van der Waals surface area contributed by atoms with E-state index in [4.69, 9.17) is 5.11 Å². The molecule has 0 aliphatic carbocycles. The topological polar surface area (TPSA) is 73.7 Å². The molecule has 6 nitrogen and oxygen atoms in total. The summed E-state index contributed by atoms with van der Waals surface area (Å²) in [5, 5.41) is 9.14. The molecule has 2 heterocycles. The third-order valence-electron chi connectivity index (χ3n) is 3.52. The first kappa shape index (κ1) is 14.3. The zero-order valence-electron chi connectivity index (χ0n) is 11.8. The van der Waals surface area contributed by atoms with E-state index < -0.39 is 5.97 Å². The van der Waals surface area contributed by atoms with Crippen LogP contribution in [0.25, 0.3) is 0 Å². The molecule has 1 fully saturated rings. The number of aryl methyl sites for hydroxylation is 1. The first-order chi connectivity index (χ1) is 9.51. The van der Waals surface area contributed by atoms with Crippen LogP contribution in [-0.4, -0.2) is 53.0 Å². The highest BCUT2D eigenvalue weighted by Gasteiger charge is 2.20. The number of carbonyl (C=O) groups excluding carboxylic acids is 1. The van der Waals surface area contributed by atoms with Crippen LogP contribution < -0.4 is 4.90 Å². The minimum absolute atomic E-state index is 0.0751. The lowest BCUT2D eigenvalue weighted by Crippen LogP contribution is -2.48. The molecule has 1 aliphatic rings. The van der Waals surface area contributed by atoms with Gasteiger partial charge in [0.15, 0.2) is 0 Å². The Labute approximate surface area is 118 Å². The average Bonchev–Trinajstić information content (AvgIpc) is 2.46. The van der Waals surface area contributed by atoms with Crippen LogP contribution in [0.5, 0.6) is 0 Å². The lowest BCUT2D eigenvalue weighted by molar-refractivity contribution is -0.129. The fourth-order valence-corrected chi connectivity index (χ4v) is 2.29. The van der Waals surface area contributed by atoms with Gasteiger partial charge in [-0.25, -0.2) is 9.78 Å². The number of hydrogen-bond acceptors (Lipinski definition) is 4. The zero-order valence-corrected chi connectivity index (χ0v) is 11.8. The van der Waals surface area contributed by atoms with Crippen LogP contribution in [0.4, 0.5) is 5.82 Å². The number of pyridine rings is 1. The van der Waals surface area contributed by atoms with Crippen molar-refractivity contribution in [3.8, 4) is 0 Å². The van der Waals surface area contributed by atoms with Crippen LogP contribution in [0.3, 0.4) is 0 Å². The Morgan fingerprint density at radius 1 is 1.25 bits per heavy atom. The third-order valence-corrected chi connectivity index (χ3v) is 3.52. The maximum atomic E-state index is 11.3. The fraction of sp³-hybridized carbons (Fsp3) is 0.500. The normalized spacial score (nSPS) is 15.3. The quantitative estimate of drug-likeness (QED) is 0.892. The number of piperazine rings is 1. The van der Waals surface area contributed by atoms with E-state index in [9.17, 15) is 9.59 Å². The fourth-order valence-electron chi connectivity index (χ4n) is 2.29. The number of amides is 1. The van der Waals surface area contributed by atoms with Gasteiger partial charge in [0, 0.05) is 38.8 Å². The molecule has 0 bridgehead atoms. The summed E-state index contributed by atoms with van der Waals surface area (Å²) in [5.41, 5.74) is 1.04. The van der Waals surface area contributed by atoms with Gasteiger partial charge in [-0.1, -0.05) is 6.92 Å². The smallest absolute Gasteiger partial charge is 0.335 e. The Bertz CT molecular complexity index is 522. The predicted octanol–water partition coefficient (Wildman–Crippen LogP) is 1.01. The van der Waals surface area contributed by atoms with Gasteiger partial charge in [0.25, 0.3) is 0 Å². The highest BCUT2D eigenvalue weighted by atomic mass is 16.4. The van der Waals surface area contributed by atoms with Crippen molar-refractivity contribution in [2.45, 2.75) is 20.3 Å². The van der Waals surface area contributed by atoms with Gasteiger partial charge >= 0.3 is 5.97 Å². The highest BCUT2D eigenvalue weighted by Crippen LogP contribution is 2.18. The molecule has 1 aromatic heterocycles. The second-order valence-electron chi connectivity index (χ2n) is 4.86. The average molecular weight is 277 g/mol. The first-order valence-electron chi connectivity index (χ1n) is 6.76. The van der Waals surface area contributed by atoms with E-state index in [-0.39, 0.29) is 11.5 Å². The second kappa shape index (κ2) is 5.90. The Morgan fingerprint density at radius 2 is 1.90 bits per heavy atom. The van der Waals surface area contributed by atoms with Crippen molar-refractivity contribution < 1.29 is 14.7 Å². The number of carboxylic acid groups (broad SMARTS) is 1. The van der Waals surface area contributed by atoms with E-state index >= 15 is 0 Å². The minimum atomic E-state index is -0.939. The number of anilines is 1. The molecule has 1 saturated heterocycles. The molecule has 108 valence electrons. The standard InChI is InChI=1S/C14H19N3O3/c1-3-12-8-11(14(19)20)9-13(15-12)17-6-4-16(5-7-17)10(2)18/h8-9H,3-7H2,1-2H3,(H,19,20). The van der Waals surface area contributed by atoms with E-state index in [0.29, 0.717) is 38.4 Å². The molecule has 0 unspecified atom stereocenters. The van der Waals surface area contributed by atoms with Gasteiger partial charge in [-0.2, -0.15) is 0 Å². The first-order valence-corrected chi connectivity index (χ1v) is 6.76. The molecule has 0 saturated carbocycles.